The third kappa shape index (κ3) is 4.64. The Morgan fingerprint density at radius 3 is 1.44 bits per heavy atom. The second-order valence-corrected chi connectivity index (χ2v) is 5.60. The third-order valence-corrected chi connectivity index (χ3v) is 3.72. The summed E-state index contributed by atoms with van der Waals surface area (Å²) in [5.41, 5.74) is 6.87. The fraction of sp³-hybridized carbons (Fsp3) is 0.0476. The zero-order valence-corrected chi connectivity index (χ0v) is 14.5. The van der Waals surface area contributed by atoms with Crippen molar-refractivity contribution in [3.8, 4) is 17.2 Å². The fourth-order valence-corrected chi connectivity index (χ4v) is 2.25. The number of rotatable bonds is 5. The molecule has 0 atom stereocenters. The highest BCUT2D eigenvalue weighted by Crippen LogP contribution is 2.20. The van der Waals surface area contributed by atoms with Crippen molar-refractivity contribution in [3.05, 3.63) is 83.9 Å². The van der Waals surface area contributed by atoms with Gasteiger partial charge in [0, 0.05) is 5.69 Å². The smallest absolute Gasteiger partial charge is 0.343 e. The van der Waals surface area contributed by atoms with Crippen LogP contribution in [0.4, 0.5) is 5.69 Å². The van der Waals surface area contributed by atoms with E-state index < -0.39 is 11.9 Å². The van der Waals surface area contributed by atoms with Crippen molar-refractivity contribution >= 4 is 17.6 Å². The fourth-order valence-electron chi connectivity index (χ4n) is 2.25. The summed E-state index contributed by atoms with van der Waals surface area (Å²) in [6.07, 6.45) is 0. The van der Waals surface area contributed by atoms with Crippen LogP contribution < -0.4 is 19.9 Å². The van der Waals surface area contributed by atoms with Gasteiger partial charge in [0.25, 0.3) is 0 Å². The molecule has 27 heavy (non-hydrogen) atoms. The first kappa shape index (κ1) is 18.0. The van der Waals surface area contributed by atoms with E-state index in [4.69, 9.17) is 19.9 Å². The van der Waals surface area contributed by atoms with Crippen molar-refractivity contribution in [3.63, 3.8) is 0 Å². The van der Waals surface area contributed by atoms with E-state index in [0.29, 0.717) is 34.1 Å². The zero-order valence-electron chi connectivity index (χ0n) is 14.5. The molecular weight excluding hydrogens is 346 g/mol. The van der Waals surface area contributed by atoms with Gasteiger partial charge >= 0.3 is 11.9 Å². The highest BCUT2D eigenvalue weighted by Gasteiger charge is 2.11. The zero-order chi connectivity index (χ0) is 19.2. The summed E-state index contributed by atoms with van der Waals surface area (Å²) >= 11 is 0. The summed E-state index contributed by atoms with van der Waals surface area (Å²) in [7, 11) is 1.56. The second kappa shape index (κ2) is 8.05. The summed E-state index contributed by atoms with van der Waals surface area (Å²) < 4.78 is 15.6. The van der Waals surface area contributed by atoms with Crippen LogP contribution in [0.3, 0.4) is 0 Å². The summed E-state index contributed by atoms with van der Waals surface area (Å²) in [5, 5.41) is 0. The lowest BCUT2D eigenvalue weighted by Crippen LogP contribution is -2.10. The summed E-state index contributed by atoms with van der Waals surface area (Å²) in [5.74, 6) is 0.361. The van der Waals surface area contributed by atoms with Crippen molar-refractivity contribution in [2.75, 3.05) is 12.8 Å². The summed E-state index contributed by atoms with van der Waals surface area (Å²) in [6.45, 7) is 0. The molecule has 0 aliphatic rings. The Labute approximate surface area is 156 Å². The molecule has 3 aromatic carbocycles. The molecule has 0 aliphatic heterocycles. The van der Waals surface area contributed by atoms with E-state index in [1.165, 1.54) is 24.3 Å². The van der Waals surface area contributed by atoms with Crippen molar-refractivity contribution in [1.29, 1.82) is 0 Å². The van der Waals surface area contributed by atoms with E-state index in [1.807, 2.05) is 0 Å². The predicted octanol–water partition coefficient (Wildman–Crippen LogP) is 3.72. The van der Waals surface area contributed by atoms with Gasteiger partial charge in [0.2, 0.25) is 0 Å². The van der Waals surface area contributed by atoms with Crippen LogP contribution >= 0.6 is 0 Å². The van der Waals surface area contributed by atoms with Crippen LogP contribution in [0, 0.1) is 0 Å². The first-order valence-corrected chi connectivity index (χ1v) is 8.09. The number of hydrogen-bond acceptors (Lipinski definition) is 6. The predicted molar refractivity (Wildman–Crippen MR) is 100 cm³/mol. The molecule has 0 saturated carbocycles. The van der Waals surface area contributed by atoms with Gasteiger partial charge in [0.15, 0.2) is 0 Å². The monoisotopic (exact) mass is 363 g/mol. The number of esters is 2. The Morgan fingerprint density at radius 2 is 1.00 bits per heavy atom. The lowest BCUT2D eigenvalue weighted by atomic mass is 10.2. The molecule has 136 valence electrons. The number of hydrogen-bond donors (Lipinski definition) is 1. The van der Waals surface area contributed by atoms with Crippen molar-refractivity contribution in [1.82, 2.24) is 0 Å². The topological polar surface area (TPSA) is 87.9 Å². The molecule has 6 nitrogen and oxygen atoms in total. The van der Waals surface area contributed by atoms with E-state index in [0.717, 1.165) is 0 Å². The number of benzene rings is 3. The maximum absolute atomic E-state index is 12.2. The number of ether oxygens (including phenoxy) is 3. The van der Waals surface area contributed by atoms with Gasteiger partial charge in [-0.15, -0.1) is 0 Å². The average Bonchev–Trinajstić information content (AvgIpc) is 2.69. The maximum Gasteiger partial charge on any atom is 0.343 e. The molecule has 0 aliphatic carbocycles. The van der Waals surface area contributed by atoms with Crippen LogP contribution in [0.2, 0.25) is 0 Å². The van der Waals surface area contributed by atoms with Gasteiger partial charge < -0.3 is 19.9 Å². The van der Waals surface area contributed by atoms with Crippen LogP contribution in [0.25, 0.3) is 0 Å². The van der Waals surface area contributed by atoms with Crippen molar-refractivity contribution in [2.24, 2.45) is 0 Å². The molecule has 2 N–H and O–H groups in total. The van der Waals surface area contributed by atoms with Gasteiger partial charge in [0.1, 0.15) is 17.2 Å². The normalized spacial score (nSPS) is 10.1. The highest BCUT2D eigenvalue weighted by atomic mass is 16.5. The highest BCUT2D eigenvalue weighted by molar-refractivity contribution is 5.92. The average molecular weight is 363 g/mol. The molecule has 0 heterocycles. The van der Waals surface area contributed by atoms with Crippen LogP contribution in [-0.4, -0.2) is 19.0 Å². The molecule has 3 rings (SSSR count). The van der Waals surface area contributed by atoms with Crippen LogP contribution in [-0.2, 0) is 0 Å². The third-order valence-electron chi connectivity index (χ3n) is 3.72. The molecular formula is C21H17NO5. The minimum Gasteiger partial charge on any atom is -0.497 e. The Kier molecular flexibility index (Phi) is 5.37. The molecule has 0 amide bonds. The van der Waals surface area contributed by atoms with Gasteiger partial charge in [0.05, 0.1) is 18.2 Å². The van der Waals surface area contributed by atoms with Crippen LogP contribution in [0.5, 0.6) is 17.2 Å². The molecule has 0 fully saturated rings. The quantitative estimate of drug-likeness (QED) is 0.422. The standard InChI is InChI=1S/C21H17NO5/c1-25-17-10-12-19(13-11-17)27-21(24)15-4-8-18(9-5-15)26-20(23)14-2-6-16(22)7-3-14/h2-13H,22H2,1H3. The molecule has 3 aromatic rings. The SMILES string of the molecule is COc1ccc(OC(=O)c2ccc(OC(=O)c3ccc(N)cc3)cc2)cc1. The van der Waals surface area contributed by atoms with Gasteiger partial charge in [-0.3, -0.25) is 0 Å². The van der Waals surface area contributed by atoms with Crippen molar-refractivity contribution in [2.45, 2.75) is 0 Å². The van der Waals surface area contributed by atoms with Gasteiger partial charge in [-0.1, -0.05) is 0 Å². The van der Waals surface area contributed by atoms with Gasteiger partial charge in [-0.2, -0.15) is 0 Å². The lowest BCUT2D eigenvalue weighted by Gasteiger charge is -2.07. The minimum absolute atomic E-state index is 0.317. The molecule has 0 spiro atoms. The minimum atomic E-state index is -0.517. The van der Waals surface area contributed by atoms with E-state index in [-0.39, 0.29) is 0 Å². The summed E-state index contributed by atoms with van der Waals surface area (Å²) in [6, 6.07) is 19.2. The molecule has 0 aromatic heterocycles. The van der Waals surface area contributed by atoms with Gasteiger partial charge in [-0.25, -0.2) is 9.59 Å². The lowest BCUT2D eigenvalue weighted by molar-refractivity contribution is 0.0730. The van der Waals surface area contributed by atoms with E-state index >= 15 is 0 Å². The number of anilines is 1. The molecule has 6 heteroatoms. The van der Waals surface area contributed by atoms with Crippen LogP contribution in [0.15, 0.2) is 72.8 Å². The van der Waals surface area contributed by atoms with Crippen LogP contribution in [0.1, 0.15) is 20.7 Å². The molecule has 0 radical (unpaired) electrons. The number of methoxy groups -OCH3 is 1. The number of nitrogen functional groups attached to an aromatic ring is 1. The van der Waals surface area contributed by atoms with Gasteiger partial charge in [-0.05, 0) is 72.8 Å². The van der Waals surface area contributed by atoms with Crippen molar-refractivity contribution < 1.29 is 23.8 Å². The van der Waals surface area contributed by atoms with E-state index in [1.54, 1.807) is 55.6 Å². The number of carbonyl (C=O) groups is 2. The second-order valence-electron chi connectivity index (χ2n) is 5.60. The Hall–Kier alpha value is -3.80. The first-order valence-electron chi connectivity index (χ1n) is 8.09. The molecule has 0 bridgehead atoms. The molecule has 0 saturated heterocycles. The Balaban J connectivity index is 1.62. The Morgan fingerprint density at radius 1 is 0.630 bits per heavy atom. The van der Waals surface area contributed by atoms with E-state index in [9.17, 15) is 9.59 Å². The molecule has 0 unspecified atom stereocenters. The first-order chi connectivity index (χ1) is 13.0. The largest absolute Gasteiger partial charge is 0.497 e. The Bertz CT molecular complexity index is 932. The maximum atomic E-state index is 12.2. The summed E-state index contributed by atoms with van der Waals surface area (Å²) in [4.78, 5) is 24.3. The van der Waals surface area contributed by atoms with E-state index in [2.05, 4.69) is 0 Å². The number of carbonyl (C=O) groups excluding carboxylic acids is 2. The number of nitrogens with two attached hydrogens (primary N) is 1.